The Labute approximate surface area is 191 Å². The molecule has 6 heteroatoms. The van der Waals surface area contributed by atoms with E-state index in [0.29, 0.717) is 33.0 Å². The minimum Gasteiger partial charge on any atom is -0.386 e. The fourth-order valence-electron chi connectivity index (χ4n) is 4.67. The van der Waals surface area contributed by atoms with Crippen molar-refractivity contribution in [1.82, 2.24) is 0 Å². The largest absolute Gasteiger partial charge is 0.386 e. The van der Waals surface area contributed by atoms with Crippen LogP contribution >= 0.6 is 0 Å². The molecule has 2 heterocycles. The van der Waals surface area contributed by atoms with Crippen LogP contribution in [0, 0.1) is 0 Å². The second kappa shape index (κ2) is 7.35. The lowest BCUT2D eigenvalue weighted by Gasteiger charge is -2.16. The van der Waals surface area contributed by atoms with E-state index in [1.54, 1.807) is 24.3 Å². The van der Waals surface area contributed by atoms with Gasteiger partial charge in [0.25, 0.3) is 0 Å². The quantitative estimate of drug-likeness (QED) is 0.281. The van der Waals surface area contributed by atoms with E-state index < -0.39 is 23.2 Å². The Morgan fingerprint density at radius 3 is 1.62 bits per heavy atom. The molecule has 0 N–H and O–H groups in total. The Kier molecular flexibility index (Phi) is 4.28. The first-order valence-corrected chi connectivity index (χ1v) is 10.5. The van der Waals surface area contributed by atoms with Gasteiger partial charge in [0.2, 0.25) is 0 Å². The second-order valence-corrected chi connectivity index (χ2v) is 7.88. The highest BCUT2D eigenvalue weighted by molar-refractivity contribution is 6.30. The molecule has 6 rings (SSSR count). The first kappa shape index (κ1) is 19.8. The molecule has 34 heavy (non-hydrogen) atoms. The van der Waals surface area contributed by atoms with Crippen LogP contribution in [0.5, 0.6) is 0 Å². The predicted octanol–water partition coefficient (Wildman–Crippen LogP) is 4.95. The lowest BCUT2D eigenvalue weighted by atomic mass is 9.83. The molecule has 0 fully saturated rings. The summed E-state index contributed by atoms with van der Waals surface area (Å²) in [6, 6.07) is 25.0. The highest BCUT2D eigenvalue weighted by atomic mass is 16.6. The molecule has 0 atom stereocenters. The van der Waals surface area contributed by atoms with Gasteiger partial charge in [0.15, 0.2) is 0 Å². The third-order valence-electron chi connectivity index (χ3n) is 6.02. The van der Waals surface area contributed by atoms with Gasteiger partial charge in [-0.25, -0.2) is 19.2 Å². The van der Waals surface area contributed by atoms with Crippen molar-refractivity contribution in [2.24, 2.45) is 0 Å². The molecular weight excluding hydrogens is 432 g/mol. The third-order valence-corrected chi connectivity index (χ3v) is 6.02. The van der Waals surface area contributed by atoms with E-state index >= 15 is 0 Å². The topological polar surface area (TPSA) is 90.7 Å². The average Bonchev–Trinajstić information content (AvgIpc) is 3.10. The zero-order valence-electron chi connectivity index (χ0n) is 17.5. The highest BCUT2D eigenvalue weighted by Crippen LogP contribution is 2.46. The summed E-state index contributed by atoms with van der Waals surface area (Å²) in [4.78, 5) is 51.9. The van der Waals surface area contributed by atoms with Gasteiger partial charge in [0.1, 0.15) is 0 Å². The van der Waals surface area contributed by atoms with Crippen LogP contribution in [0.3, 0.4) is 0 Å². The number of carbonyl (C=O) groups excluding carboxylic acids is 2. The molecule has 0 amide bonds. The van der Waals surface area contributed by atoms with Crippen LogP contribution in [-0.4, -0.2) is 11.9 Å². The van der Waals surface area contributed by atoms with E-state index in [1.165, 1.54) is 0 Å². The van der Waals surface area contributed by atoms with Crippen molar-refractivity contribution in [2.75, 3.05) is 0 Å². The summed E-state index contributed by atoms with van der Waals surface area (Å²) >= 11 is 0. The summed E-state index contributed by atoms with van der Waals surface area (Å²) in [7, 11) is 0. The number of ether oxygens (including phenoxy) is 1. The fraction of sp³-hybridized carbons (Fsp3) is 0. The lowest BCUT2D eigenvalue weighted by Crippen LogP contribution is -2.09. The zero-order chi connectivity index (χ0) is 23.4. The Hall–Kier alpha value is -4.84. The molecule has 0 aliphatic carbocycles. The Balaban J connectivity index is 2.05. The van der Waals surface area contributed by atoms with Gasteiger partial charge in [0, 0.05) is 10.9 Å². The van der Waals surface area contributed by atoms with Crippen LogP contribution in [0.1, 0.15) is 20.7 Å². The van der Waals surface area contributed by atoms with Crippen molar-refractivity contribution in [3.8, 4) is 22.3 Å². The van der Waals surface area contributed by atoms with Gasteiger partial charge in [-0.1, -0.05) is 78.9 Å². The molecule has 0 radical (unpaired) electrons. The van der Waals surface area contributed by atoms with Crippen molar-refractivity contribution >= 4 is 33.5 Å². The molecule has 0 bridgehead atoms. The van der Waals surface area contributed by atoms with E-state index in [9.17, 15) is 19.2 Å². The number of hydrogen-bond donors (Lipinski definition) is 0. The van der Waals surface area contributed by atoms with E-state index in [0.717, 1.165) is 0 Å². The Morgan fingerprint density at radius 2 is 0.971 bits per heavy atom. The number of carbonyl (C=O) groups is 2. The van der Waals surface area contributed by atoms with Gasteiger partial charge in [-0.3, -0.25) is 0 Å². The lowest BCUT2D eigenvalue weighted by molar-refractivity contribution is 0.0444. The van der Waals surface area contributed by atoms with Crippen molar-refractivity contribution < 1.29 is 18.7 Å². The molecule has 162 valence electrons. The molecule has 0 saturated heterocycles. The molecule has 1 aliphatic heterocycles. The van der Waals surface area contributed by atoms with Crippen molar-refractivity contribution in [3.05, 3.63) is 117 Å². The minimum atomic E-state index is -1.00. The van der Waals surface area contributed by atoms with Gasteiger partial charge >= 0.3 is 23.2 Å². The molecule has 5 aromatic rings. The maximum absolute atomic E-state index is 13.3. The maximum Gasteiger partial charge on any atom is 0.347 e. The zero-order valence-corrected chi connectivity index (χ0v) is 17.5. The molecule has 1 aromatic heterocycles. The average molecular weight is 446 g/mol. The molecule has 1 aliphatic rings. The summed E-state index contributed by atoms with van der Waals surface area (Å²) in [6.45, 7) is 0. The number of benzene rings is 4. The molecular formula is C28H14O6. The number of rotatable bonds is 2. The number of fused-ring (bicyclic) bond motifs is 5. The number of cyclic esters (lactones) is 2. The van der Waals surface area contributed by atoms with Crippen molar-refractivity contribution in [2.45, 2.75) is 0 Å². The second-order valence-electron chi connectivity index (χ2n) is 7.88. The molecule has 4 aromatic carbocycles. The summed E-state index contributed by atoms with van der Waals surface area (Å²) in [5.41, 5.74) is 0.308. The van der Waals surface area contributed by atoms with Crippen molar-refractivity contribution in [1.29, 1.82) is 0 Å². The molecule has 0 spiro atoms. The molecule has 0 saturated carbocycles. The summed E-state index contributed by atoms with van der Waals surface area (Å²) in [6.07, 6.45) is 0. The van der Waals surface area contributed by atoms with Crippen LogP contribution in [0.2, 0.25) is 0 Å². The fourth-order valence-corrected chi connectivity index (χ4v) is 4.67. The van der Waals surface area contributed by atoms with Gasteiger partial charge < -0.3 is 9.15 Å². The Bertz CT molecular complexity index is 1780. The van der Waals surface area contributed by atoms with Crippen LogP contribution < -0.4 is 11.3 Å². The molecule has 0 unspecified atom stereocenters. The minimum absolute atomic E-state index is 0.0161. The highest BCUT2D eigenvalue weighted by Gasteiger charge is 2.39. The van der Waals surface area contributed by atoms with Crippen LogP contribution in [0.15, 0.2) is 98.9 Å². The monoisotopic (exact) mass is 446 g/mol. The van der Waals surface area contributed by atoms with Gasteiger partial charge in [0.05, 0.1) is 21.9 Å². The van der Waals surface area contributed by atoms with Crippen LogP contribution in [0.25, 0.3) is 43.8 Å². The number of esters is 2. The normalized spacial score (nSPS) is 12.7. The first-order valence-electron chi connectivity index (χ1n) is 10.5. The SMILES string of the molecule is O=C1OC(=O)c2c1c(-c1ccccc1)c(-c1ccccc1)c1c2c(=O)oc(=O)c2ccccc21. The smallest absolute Gasteiger partial charge is 0.347 e. The van der Waals surface area contributed by atoms with Crippen molar-refractivity contribution in [3.63, 3.8) is 0 Å². The predicted molar refractivity (Wildman–Crippen MR) is 127 cm³/mol. The van der Waals surface area contributed by atoms with E-state index in [1.807, 2.05) is 60.7 Å². The van der Waals surface area contributed by atoms with Gasteiger partial charge in [-0.05, 0) is 28.1 Å². The third kappa shape index (κ3) is 2.75. The standard InChI is InChI=1S/C28H14O6/c29-25-18-14-8-7-13-17(18)21-19(15-9-3-1-4-10-15)20(16-11-5-2-6-12-16)22-24(23(21)27(31)33-25)28(32)34-26(22)30/h1-14H. The summed E-state index contributed by atoms with van der Waals surface area (Å²) in [5.74, 6) is -1.80. The van der Waals surface area contributed by atoms with E-state index in [-0.39, 0.29) is 21.9 Å². The summed E-state index contributed by atoms with van der Waals surface area (Å²) in [5, 5.41) is 0.812. The maximum atomic E-state index is 13.3. The first-order chi connectivity index (χ1) is 16.6. The van der Waals surface area contributed by atoms with Crippen LogP contribution in [0.4, 0.5) is 0 Å². The van der Waals surface area contributed by atoms with Gasteiger partial charge in [-0.2, -0.15) is 0 Å². The summed E-state index contributed by atoms with van der Waals surface area (Å²) < 4.78 is 10.1. The van der Waals surface area contributed by atoms with E-state index in [2.05, 4.69) is 0 Å². The van der Waals surface area contributed by atoms with Gasteiger partial charge in [-0.15, -0.1) is 0 Å². The Morgan fingerprint density at radius 1 is 0.441 bits per heavy atom. The molecule has 6 nitrogen and oxygen atoms in total. The number of hydrogen-bond acceptors (Lipinski definition) is 6. The van der Waals surface area contributed by atoms with Crippen LogP contribution in [-0.2, 0) is 4.74 Å². The van der Waals surface area contributed by atoms with E-state index in [4.69, 9.17) is 9.15 Å².